The zero-order valence-electron chi connectivity index (χ0n) is 18.8. The number of pyridine rings is 1. The number of carbonyl (C=O) groups excluding carboxylic acids is 1. The number of halogens is 2. The van der Waals surface area contributed by atoms with Crippen molar-refractivity contribution in [3.05, 3.63) is 52.1 Å². The van der Waals surface area contributed by atoms with E-state index in [1.807, 2.05) is 18.2 Å². The van der Waals surface area contributed by atoms with Crippen LogP contribution in [0.5, 0.6) is 5.75 Å². The third kappa shape index (κ3) is 4.76. The lowest BCUT2D eigenvalue weighted by molar-refractivity contribution is 0.101. The highest BCUT2D eigenvalue weighted by molar-refractivity contribution is 6.37. The van der Waals surface area contributed by atoms with E-state index in [9.17, 15) is 19.8 Å². The van der Waals surface area contributed by atoms with Crippen molar-refractivity contribution in [3.8, 4) is 16.9 Å². The molecule has 4 rings (SSSR count). The average Bonchev–Trinajstić information content (AvgIpc) is 2.81. The van der Waals surface area contributed by atoms with Crippen molar-refractivity contribution in [3.63, 3.8) is 0 Å². The van der Waals surface area contributed by atoms with Crippen molar-refractivity contribution in [2.45, 2.75) is 44.7 Å². The first-order valence-electron chi connectivity index (χ1n) is 11.0. The van der Waals surface area contributed by atoms with Crippen LogP contribution in [0.1, 0.15) is 43.0 Å². The Hall–Kier alpha value is -3.03. The number of phenols is 1. The van der Waals surface area contributed by atoms with Crippen LogP contribution in [0.2, 0.25) is 10.0 Å². The van der Waals surface area contributed by atoms with Gasteiger partial charge in [-0.3, -0.25) is 9.78 Å². The Morgan fingerprint density at radius 2 is 1.71 bits per heavy atom. The summed E-state index contributed by atoms with van der Waals surface area (Å²) in [7, 11) is 1.61. The molecule has 7 nitrogen and oxygen atoms in total. The number of carbonyl (C=O) groups is 2. The van der Waals surface area contributed by atoms with E-state index in [0.29, 0.717) is 11.3 Å². The third-order valence-electron chi connectivity index (χ3n) is 6.49. The first kappa shape index (κ1) is 24.1. The van der Waals surface area contributed by atoms with E-state index < -0.39 is 6.09 Å². The molecule has 1 heterocycles. The van der Waals surface area contributed by atoms with Gasteiger partial charge in [0, 0.05) is 30.7 Å². The molecule has 3 N–H and O–H groups in total. The highest BCUT2D eigenvalue weighted by Gasteiger charge is 2.27. The van der Waals surface area contributed by atoms with Crippen LogP contribution in [0.15, 0.2) is 36.5 Å². The van der Waals surface area contributed by atoms with Crippen molar-refractivity contribution in [2.75, 3.05) is 12.4 Å². The average molecular weight is 502 g/mol. The zero-order valence-corrected chi connectivity index (χ0v) is 20.3. The number of Topliss-reactive ketones (excluding diaryl/α,β-unsaturated/α-hetero) is 1. The lowest BCUT2D eigenvalue weighted by Gasteiger charge is -2.34. The van der Waals surface area contributed by atoms with Crippen LogP contribution in [-0.2, 0) is 0 Å². The van der Waals surface area contributed by atoms with E-state index in [-0.39, 0.29) is 33.7 Å². The monoisotopic (exact) mass is 501 g/mol. The number of anilines is 1. The van der Waals surface area contributed by atoms with Gasteiger partial charge in [0.25, 0.3) is 0 Å². The third-order valence-corrected chi connectivity index (χ3v) is 7.07. The Morgan fingerprint density at radius 1 is 1.06 bits per heavy atom. The number of phenolic OH excluding ortho intramolecular Hbond substituents is 1. The molecule has 9 heteroatoms. The number of carboxylic acid groups (broad SMARTS) is 1. The van der Waals surface area contributed by atoms with Gasteiger partial charge in [-0.1, -0.05) is 29.3 Å². The fourth-order valence-corrected chi connectivity index (χ4v) is 4.98. The summed E-state index contributed by atoms with van der Waals surface area (Å²) in [6.07, 6.45) is 3.73. The van der Waals surface area contributed by atoms with Crippen LogP contribution in [-0.4, -0.2) is 51.1 Å². The van der Waals surface area contributed by atoms with Gasteiger partial charge in [-0.2, -0.15) is 0 Å². The normalized spacial score (nSPS) is 18.0. The zero-order chi connectivity index (χ0) is 24.6. The first-order valence-corrected chi connectivity index (χ1v) is 11.8. The molecule has 3 aromatic rings. The lowest BCUT2D eigenvalue weighted by Crippen LogP contribution is -2.41. The van der Waals surface area contributed by atoms with Gasteiger partial charge < -0.3 is 20.4 Å². The second kappa shape index (κ2) is 9.68. The molecule has 0 saturated heterocycles. The van der Waals surface area contributed by atoms with Crippen LogP contribution >= 0.6 is 23.2 Å². The number of nitrogens with zero attached hydrogens (tertiary/aromatic N) is 2. The Labute approximate surface area is 207 Å². The molecule has 1 fully saturated rings. The second-order valence-corrected chi connectivity index (χ2v) is 9.48. The number of nitrogens with one attached hydrogen (secondary N) is 1. The molecule has 1 aliphatic carbocycles. The predicted octanol–water partition coefficient (Wildman–Crippen LogP) is 6.45. The van der Waals surface area contributed by atoms with Crippen LogP contribution in [0.3, 0.4) is 0 Å². The van der Waals surface area contributed by atoms with Gasteiger partial charge in [0.2, 0.25) is 0 Å². The summed E-state index contributed by atoms with van der Waals surface area (Å²) in [5, 5.41) is 23.8. The first-order chi connectivity index (χ1) is 16.2. The summed E-state index contributed by atoms with van der Waals surface area (Å²) in [4.78, 5) is 29.6. The van der Waals surface area contributed by atoms with Gasteiger partial charge in [0.1, 0.15) is 0 Å². The number of ketones is 1. The minimum Gasteiger partial charge on any atom is -0.505 e. The van der Waals surface area contributed by atoms with E-state index in [0.717, 1.165) is 47.7 Å². The predicted molar refractivity (Wildman–Crippen MR) is 134 cm³/mol. The van der Waals surface area contributed by atoms with Gasteiger partial charge in [0.15, 0.2) is 11.5 Å². The number of benzene rings is 2. The largest absolute Gasteiger partial charge is 0.505 e. The number of aromatic hydroxyl groups is 1. The lowest BCUT2D eigenvalue weighted by atomic mass is 9.89. The summed E-state index contributed by atoms with van der Waals surface area (Å²) >= 11 is 12.2. The van der Waals surface area contributed by atoms with Crippen LogP contribution in [0.25, 0.3) is 22.0 Å². The fraction of sp³-hybridized carbons (Fsp3) is 0.320. The smallest absolute Gasteiger partial charge is 0.407 e. The number of hydrogen-bond donors (Lipinski definition) is 3. The summed E-state index contributed by atoms with van der Waals surface area (Å²) in [5.74, 6) is -0.266. The van der Waals surface area contributed by atoms with Gasteiger partial charge in [-0.25, -0.2) is 4.79 Å². The van der Waals surface area contributed by atoms with Gasteiger partial charge in [-0.15, -0.1) is 0 Å². The van der Waals surface area contributed by atoms with Gasteiger partial charge in [0.05, 0.1) is 26.8 Å². The van der Waals surface area contributed by atoms with Gasteiger partial charge in [-0.05, 0) is 68.0 Å². The molecule has 0 unspecified atom stereocenters. The SMILES string of the molecule is CC(=O)c1cnc2ccc(-c3cc(Cl)c(O)c(Cl)c3)cc2c1NC1CCC(N(C)C(=O)O)CC1. The molecule has 0 spiro atoms. The van der Waals surface area contributed by atoms with E-state index in [2.05, 4.69) is 10.3 Å². The topological polar surface area (TPSA) is 103 Å². The molecular formula is C25H25Cl2N3O4. The maximum atomic E-state index is 12.4. The molecule has 1 aliphatic rings. The molecule has 1 aromatic heterocycles. The fourth-order valence-electron chi connectivity index (χ4n) is 4.49. The van der Waals surface area contributed by atoms with Crippen molar-refractivity contribution < 1.29 is 19.8 Å². The van der Waals surface area contributed by atoms with E-state index in [1.54, 1.807) is 25.4 Å². The highest BCUT2D eigenvalue weighted by Crippen LogP contribution is 2.38. The molecule has 1 amide bonds. The van der Waals surface area contributed by atoms with Gasteiger partial charge >= 0.3 is 6.09 Å². The number of amides is 1. The molecule has 2 aromatic carbocycles. The van der Waals surface area contributed by atoms with Crippen molar-refractivity contribution >= 4 is 51.7 Å². The standard InChI is InChI=1S/C25H25Cl2N3O4/c1-13(31)19-12-28-22-8-3-14(15-10-20(26)24(32)21(27)11-15)9-18(22)23(19)29-16-4-6-17(7-5-16)30(2)25(33)34/h3,8-12,16-17,32H,4-7H2,1-2H3,(H,28,29)(H,33,34). The Balaban J connectivity index is 1.70. The van der Waals surface area contributed by atoms with E-state index in [1.165, 1.54) is 11.8 Å². The summed E-state index contributed by atoms with van der Waals surface area (Å²) in [6.45, 7) is 1.51. The molecular weight excluding hydrogens is 477 g/mol. The quantitative estimate of drug-likeness (QED) is 0.347. The van der Waals surface area contributed by atoms with Crippen LogP contribution in [0, 0.1) is 0 Å². The Bertz CT molecular complexity index is 1250. The number of fused-ring (bicyclic) bond motifs is 1. The maximum absolute atomic E-state index is 12.4. The van der Waals surface area contributed by atoms with Crippen LogP contribution in [0.4, 0.5) is 10.5 Å². The number of rotatable bonds is 5. The number of hydrogen-bond acceptors (Lipinski definition) is 5. The second-order valence-electron chi connectivity index (χ2n) is 8.67. The molecule has 1 saturated carbocycles. The number of aromatic nitrogens is 1. The molecule has 0 radical (unpaired) electrons. The Kier molecular flexibility index (Phi) is 6.86. The van der Waals surface area contributed by atoms with Crippen molar-refractivity contribution in [1.29, 1.82) is 0 Å². The molecule has 0 aliphatic heterocycles. The molecule has 34 heavy (non-hydrogen) atoms. The van der Waals surface area contributed by atoms with E-state index >= 15 is 0 Å². The highest BCUT2D eigenvalue weighted by atomic mass is 35.5. The minimum atomic E-state index is -0.919. The summed E-state index contributed by atoms with van der Waals surface area (Å²) < 4.78 is 0. The molecule has 0 bridgehead atoms. The summed E-state index contributed by atoms with van der Waals surface area (Å²) in [5.41, 5.74) is 3.48. The summed E-state index contributed by atoms with van der Waals surface area (Å²) in [6, 6.07) is 9.06. The molecule has 0 atom stereocenters. The van der Waals surface area contributed by atoms with E-state index in [4.69, 9.17) is 23.2 Å². The Morgan fingerprint density at radius 3 is 2.29 bits per heavy atom. The van der Waals surface area contributed by atoms with Crippen molar-refractivity contribution in [1.82, 2.24) is 9.88 Å². The maximum Gasteiger partial charge on any atom is 0.407 e. The minimum absolute atomic E-state index is 0.00684. The molecule has 178 valence electrons. The van der Waals surface area contributed by atoms with Crippen molar-refractivity contribution in [2.24, 2.45) is 0 Å². The van der Waals surface area contributed by atoms with Crippen LogP contribution < -0.4 is 5.32 Å².